The third kappa shape index (κ3) is 4.07. The summed E-state index contributed by atoms with van der Waals surface area (Å²) in [6.45, 7) is 0.529. The lowest BCUT2D eigenvalue weighted by molar-refractivity contribution is 0.0952. The van der Waals surface area contributed by atoms with E-state index in [4.69, 9.17) is 0 Å². The molecule has 6 nitrogen and oxygen atoms in total. The molecule has 0 bridgehead atoms. The van der Waals surface area contributed by atoms with E-state index in [0.717, 1.165) is 17.3 Å². The standard InChI is InChI=1S/C19H16FN3O3/c20-14-5-3-13(4-6-14)12-23-9-1-2-15(23)11-21-22-19(26)17-8-7-16(24)10-18(17)25/h1-11,24-25H,12H2,(H,22,26)/b21-11+. The molecule has 0 fully saturated rings. The van der Waals surface area contributed by atoms with Gasteiger partial charge in [-0.25, -0.2) is 9.82 Å². The van der Waals surface area contributed by atoms with Crippen LogP contribution in [0.3, 0.4) is 0 Å². The van der Waals surface area contributed by atoms with Crippen molar-refractivity contribution in [2.75, 3.05) is 0 Å². The molecule has 132 valence electrons. The van der Waals surface area contributed by atoms with Gasteiger partial charge in [-0.1, -0.05) is 12.1 Å². The van der Waals surface area contributed by atoms with Gasteiger partial charge in [-0.2, -0.15) is 5.10 Å². The first-order chi connectivity index (χ1) is 12.5. The Morgan fingerprint density at radius 2 is 1.92 bits per heavy atom. The number of rotatable bonds is 5. The van der Waals surface area contributed by atoms with Crippen molar-refractivity contribution in [2.45, 2.75) is 6.54 Å². The molecule has 0 aliphatic heterocycles. The van der Waals surface area contributed by atoms with E-state index in [9.17, 15) is 19.4 Å². The molecular weight excluding hydrogens is 337 g/mol. The number of carbonyl (C=O) groups excluding carboxylic acids is 1. The van der Waals surface area contributed by atoms with Gasteiger partial charge in [0.15, 0.2) is 0 Å². The van der Waals surface area contributed by atoms with E-state index in [1.807, 2.05) is 22.9 Å². The van der Waals surface area contributed by atoms with Crippen molar-refractivity contribution in [1.29, 1.82) is 0 Å². The number of benzene rings is 2. The number of carbonyl (C=O) groups is 1. The van der Waals surface area contributed by atoms with Gasteiger partial charge in [-0.05, 0) is 42.0 Å². The van der Waals surface area contributed by atoms with Crippen LogP contribution in [0.25, 0.3) is 0 Å². The molecule has 0 radical (unpaired) electrons. The van der Waals surface area contributed by atoms with Gasteiger partial charge in [-0.3, -0.25) is 4.79 Å². The van der Waals surface area contributed by atoms with Crippen LogP contribution in [0.1, 0.15) is 21.6 Å². The number of aromatic nitrogens is 1. The Bertz CT molecular complexity index is 949. The molecule has 0 unspecified atom stereocenters. The Kier molecular flexibility index (Phi) is 4.98. The molecule has 3 N–H and O–H groups in total. The Labute approximate surface area is 148 Å². The summed E-state index contributed by atoms with van der Waals surface area (Å²) in [4.78, 5) is 12.0. The molecule has 2 aromatic carbocycles. The first-order valence-corrected chi connectivity index (χ1v) is 7.78. The molecule has 0 atom stereocenters. The average molecular weight is 353 g/mol. The lowest BCUT2D eigenvalue weighted by Crippen LogP contribution is -2.18. The van der Waals surface area contributed by atoms with Crippen LogP contribution in [0.5, 0.6) is 11.5 Å². The van der Waals surface area contributed by atoms with E-state index >= 15 is 0 Å². The smallest absolute Gasteiger partial charge is 0.275 e. The first-order valence-electron chi connectivity index (χ1n) is 7.78. The molecule has 0 saturated heterocycles. The summed E-state index contributed by atoms with van der Waals surface area (Å²) in [5.74, 6) is -1.36. The summed E-state index contributed by atoms with van der Waals surface area (Å²) >= 11 is 0. The van der Waals surface area contributed by atoms with Crippen LogP contribution in [-0.2, 0) is 6.54 Å². The maximum Gasteiger partial charge on any atom is 0.275 e. The van der Waals surface area contributed by atoms with Crippen LogP contribution in [0.4, 0.5) is 4.39 Å². The van der Waals surface area contributed by atoms with E-state index in [-0.39, 0.29) is 22.9 Å². The number of nitrogens with zero attached hydrogens (tertiary/aromatic N) is 2. The fraction of sp³-hybridized carbons (Fsp3) is 0.0526. The molecule has 1 aromatic heterocycles. The molecule has 0 saturated carbocycles. The quantitative estimate of drug-likeness (QED) is 0.487. The minimum atomic E-state index is -0.601. The van der Waals surface area contributed by atoms with E-state index in [0.29, 0.717) is 6.54 Å². The molecule has 1 heterocycles. The lowest BCUT2D eigenvalue weighted by Gasteiger charge is -2.07. The van der Waals surface area contributed by atoms with E-state index in [1.54, 1.807) is 12.1 Å². The number of aromatic hydroxyl groups is 2. The van der Waals surface area contributed by atoms with Gasteiger partial charge in [0.05, 0.1) is 17.5 Å². The highest BCUT2D eigenvalue weighted by Crippen LogP contribution is 2.22. The Balaban J connectivity index is 1.67. The zero-order valence-electron chi connectivity index (χ0n) is 13.6. The molecule has 3 rings (SSSR count). The molecule has 26 heavy (non-hydrogen) atoms. The fourth-order valence-corrected chi connectivity index (χ4v) is 2.40. The van der Waals surface area contributed by atoms with Crippen molar-refractivity contribution in [2.24, 2.45) is 5.10 Å². The third-order valence-electron chi connectivity index (χ3n) is 3.72. The number of nitrogens with one attached hydrogen (secondary N) is 1. The van der Waals surface area contributed by atoms with Crippen LogP contribution in [0.15, 0.2) is 65.9 Å². The topological polar surface area (TPSA) is 86.9 Å². The van der Waals surface area contributed by atoms with E-state index < -0.39 is 5.91 Å². The van der Waals surface area contributed by atoms with Crippen molar-refractivity contribution in [3.05, 3.63) is 83.4 Å². The van der Waals surface area contributed by atoms with Crippen molar-refractivity contribution >= 4 is 12.1 Å². The minimum absolute atomic E-state index is 0.00152. The Morgan fingerprint density at radius 3 is 2.65 bits per heavy atom. The van der Waals surface area contributed by atoms with Crippen molar-refractivity contribution in [3.8, 4) is 11.5 Å². The molecule has 3 aromatic rings. The second kappa shape index (κ2) is 7.52. The zero-order valence-corrected chi connectivity index (χ0v) is 13.6. The van der Waals surface area contributed by atoms with Crippen molar-refractivity contribution < 1.29 is 19.4 Å². The predicted molar refractivity (Wildman–Crippen MR) is 94.8 cm³/mol. The van der Waals surface area contributed by atoms with Crippen LogP contribution in [0, 0.1) is 5.82 Å². The summed E-state index contributed by atoms with van der Waals surface area (Å²) in [6, 6.07) is 13.5. The highest BCUT2D eigenvalue weighted by Gasteiger charge is 2.10. The normalized spacial score (nSPS) is 11.0. The lowest BCUT2D eigenvalue weighted by atomic mass is 10.2. The van der Waals surface area contributed by atoms with Gasteiger partial charge < -0.3 is 14.8 Å². The maximum atomic E-state index is 13.0. The van der Waals surface area contributed by atoms with Gasteiger partial charge in [0, 0.05) is 18.8 Å². The average Bonchev–Trinajstić information content (AvgIpc) is 3.04. The minimum Gasteiger partial charge on any atom is -0.508 e. The second-order valence-corrected chi connectivity index (χ2v) is 5.59. The molecule has 1 amide bonds. The van der Waals surface area contributed by atoms with Gasteiger partial charge in [0.1, 0.15) is 17.3 Å². The monoisotopic (exact) mass is 353 g/mol. The number of phenols is 2. The Hall–Kier alpha value is -3.61. The number of amides is 1. The maximum absolute atomic E-state index is 13.0. The van der Waals surface area contributed by atoms with Crippen LogP contribution in [0.2, 0.25) is 0 Å². The zero-order chi connectivity index (χ0) is 18.5. The largest absolute Gasteiger partial charge is 0.508 e. The molecule has 0 aliphatic carbocycles. The predicted octanol–water partition coefficient (Wildman–Crippen LogP) is 2.85. The van der Waals surface area contributed by atoms with Gasteiger partial charge in [0.2, 0.25) is 0 Å². The number of hydrogen-bond acceptors (Lipinski definition) is 4. The number of hydrogen-bond donors (Lipinski definition) is 3. The molecular formula is C19H16FN3O3. The van der Waals surface area contributed by atoms with Gasteiger partial charge in [-0.15, -0.1) is 0 Å². The highest BCUT2D eigenvalue weighted by atomic mass is 19.1. The van der Waals surface area contributed by atoms with Crippen molar-refractivity contribution in [3.63, 3.8) is 0 Å². The van der Waals surface area contributed by atoms with Crippen LogP contribution < -0.4 is 5.43 Å². The van der Waals surface area contributed by atoms with Crippen molar-refractivity contribution in [1.82, 2.24) is 9.99 Å². The molecule has 0 spiro atoms. The van der Waals surface area contributed by atoms with Gasteiger partial charge in [0.25, 0.3) is 5.91 Å². The number of hydrazone groups is 1. The van der Waals surface area contributed by atoms with Crippen LogP contribution >= 0.6 is 0 Å². The molecule has 7 heteroatoms. The van der Waals surface area contributed by atoms with E-state index in [2.05, 4.69) is 10.5 Å². The first kappa shape index (κ1) is 17.2. The highest BCUT2D eigenvalue weighted by molar-refractivity contribution is 5.97. The van der Waals surface area contributed by atoms with Gasteiger partial charge >= 0.3 is 0 Å². The molecule has 0 aliphatic rings. The summed E-state index contributed by atoms with van der Waals surface area (Å²) in [5, 5.41) is 22.8. The summed E-state index contributed by atoms with van der Waals surface area (Å²) in [6.07, 6.45) is 3.32. The second-order valence-electron chi connectivity index (χ2n) is 5.59. The summed E-state index contributed by atoms with van der Waals surface area (Å²) in [7, 11) is 0. The fourth-order valence-electron chi connectivity index (χ4n) is 2.40. The van der Waals surface area contributed by atoms with E-state index in [1.165, 1.54) is 30.5 Å². The third-order valence-corrected chi connectivity index (χ3v) is 3.72. The van der Waals surface area contributed by atoms with Crippen LogP contribution in [-0.4, -0.2) is 26.9 Å². The SMILES string of the molecule is O=C(N/N=C/c1cccn1Cc1ccc(F)cc1)c1ccc(O)cc1O. The Morgan fingerprint density at radius 1 is 1.15 bits per heavy atom. The number of phenolic OH excluding ortho intramolecular Hbond substituents is 2. The number of halogens is 1. The summed E-state index contributed by atoms with van der Waals surface area (Å²) < 4.78 is 14.9. The summed E-state index contributed by atoms with van der Waals surface area (Å²) in [5.41, 5.74) is 3.99.